The Kier molecular flexibility index (Phi) is 3.15. The molecule has 1 fully saturated rings. The third-order valence-corrected chi connectivity index (χ3v) is 3.54. The van der Waals surface area contributed by atoms with Crippen molar-refractivity contribution < 1.29 is 0 Å². The van der Waals surface area contributed by atoms with Crippen molar-refractivity contribution in [1.82, 2.24) is 15.1 Å². The van der Waals surface area contributed by atoms with Gasteiger partial charge in [0.15, 0.2) is 0 Å². The van der Waals surface area contributed by atoms with E-state index in [1.54, 1.807) is 0 Å². The Bertz CT molecular complexity index is 512. The quantitative estimate of drug-likeness (QED) is 0.871. The summed E-state index contributed by atoms with van der Waals surface area (Å²) >= 11 is 0. The Morgan fingerprint density at radius 3 is 2.78 bits per heavy atom. The lowest BCUT2D eigenvalue weighted by Crippen LogP contribution is -2.15. The predicted octanol–water partition coefficient (Wildman–Crippen LogP) is 2.49. The zero-order valence-corrected chi connectivity index (χ0v) is 10.8. The highest BCUT2D eigenvalue weighted by atomic mass is 15.3. The summed E-state index contributed by atoms with van der Waals surface area (Å²) in [4.78, 5) is 0. The van der Waals surface area contributed by atoms with Crippen molar-refractivity contribution in [3.63, 3.8) is 0 Å². The number of hydrogen-bond donors (Lipinski definition) is 1. The molecule has 0 saturated heterocycles. The van der Waals surface area contributed by atoms with Crippen molar-refractivity contribution in [2.45, 2.75) is 38.9 Å². The van der Waals surface area contributed by atoms with Crippen molar-refractivity contribution >= 4 is 0 Å². The Balaban J connectivity index is 1.68. The van der Waals surface area contributed by atoms with E-state index in [2.05, 4.69) is 46.3 Å². The topological polar surface area (TPSA) is 29.9 Å². The summed E-state index contributed by atoms with van der Waals surface area (Å²) in [5.74, 6) is 0. The summed E-state index contributed by atoms with van der Waals surface area (Å²) in [6.45, 7) is 3.96. The van der Waals surface area contributed by atoms with Crippen LogP contribution < -0.4 is 5.32 Å². The minimum Gasteiger partial charge on any atom is -0.310 e. The van der Waals surface area contributed by atoms with Gasteiger partial charge in [-0.05, 0) is 25.3 Å². The maximum absolute atomic E-state index is 4.49. The standard InChI is InChI=1S/C15H19N3/c1-12-14(9-16-15-7-8-15)10-17-18(12)11-13-5-3-2-4-6-13/h2-6,10,15-16H,7-9,11H2,1H3. The molecule has 1 aliphatic carbocycles. The summed E-state index contributed by atoms with van der Waals surface area (Å²) < 4.78 is 2.08. The Morgan fingerprint density at radius 1 is 1.28 bits per heavy atom. The number of benzene rings is 1. The van der Waals surface area contributed by atoms with Crippen LogP contribution in [0.2, 0.25) is 0 Å². The summed E-state index contributed by atoms with van der Waals surface area (Å²) in [5.41, 5.74) is 3.88. The van der Waals surface area contributed by atoms with Crippen LogP contribution in [-0.4, -0.2) is 15.8 Å². The summed E-state index contributed by atoms with van der Waals surface area (Å²) in [7, 11) is 0. The number of nitrogens with one attached hydrogen (secondary N) is 1. The smallest absolute Gasteiger partial charge is 0.0662 e. The van der Waals surface area contributed by atoms with Gasteiger partial charge in [0.05, 0.1) is 12.7 Å². The molecule has 3 rings (SSSR count). The van der Waals surface area contributed by atoms with Crippen LogP contribution in [0.5, 0.6) is 0 Å². The Labute approximate surface area is 108 Å². The van der Waals surface area contributed by atoms with Gasteiger partial charge in [0.2, 0.25) is 0 Å². The van der Waals surface area contributed by atoms with Gasteiger partial charge in [0.25, 0.3) is 0 Å². The van der Waals surface area contributed by atoms with Gasteiger partial charge in [-0.1, -0.05) is 30.3 Å². The average molecular weight is 241 g/mol. The molecule has 0 atom stereocenters. The largest absolute Gasteiger partial charge is 0.310 e. The van der Waals surface area contributed by atoms with E-state index in [1.165, 1.54) is 29.7 Å². The first-order chi connectivity index (χ1) is 8.83. The van der Waals surface area contributed by atoms with Crippen LogP contribution in [0.4, 0.5) is 0 Å². The molecule has 1 N–H and O–H groups in total. The first kappa shape index (κ1) is 11.5. The molecular weight excluding hydrogens is 222 g/mol. The summed E-state index contributed by atoms with van der Waals surface area (Å²) in [6, 6.07) is 11.2. The lowest BCUT2D eigenvalue weighted by molar-refractivity contribution is 0.654. The van der Waals surface area contributed by atoms with Crippen molar-refractivity contribution in [3.05, 3.63) is 53.3 Å². The molecule has 94 valence electrons. The van der Waals surface area contributed by atoms with Gasteiger partial charge in [-0.2, -0.15) is 5.10 Å². The fourth-order valence-corrected chi connectivity index (χ4v) is 2.12. The first-order valence-electron chi connectivity index (χ1n) is 6.61. The normalized spacial score (nSPS) is 14.9. The second-order valence-corrected chi connectivity index (χ2v) is 5.05. The molecule has 18 heavy (non-hydrogen) atoms. The van der Waals surface area contributed by atoms with E-state index in [-0.39, 0.29) is 0 Å². The molecule has 3 heteroatoms. The lowest BCUT2D eigenvalue weighted by atomic mass is 10.2. The minimum absolute atomic E-state index is 0.752. The second kappa shape index (κ2) is 4.94. The molecule has 1 aromatic heterocycles. The Morgan fingerprint density at radius 2 is 2.06 bits per heavy atom. The molecular formula is C15H19N3. The highest BCUT2D eigenvalue weighted by Crippen LogP contribution is 2.20. The van der Waals surface area contributed by atoms with Gasteiger partial charge in [-0.15, -0.1) is 0 Å². The minimum atomic E-state index is 0.752. The fraction of sp³-hybridized carbons (Fsp3) is 0.400. The predicted molar refractivity (Wildman–Crippen MR) is 72.4 cm³/mol. The van der Waals surface area contributed by atoms with E-state index in [0.29, 0.717) is 0 Å². The maximum atomic E-state index is 4.49. The Hall–Kier alpha value is -1.61. The molecule has 1 heterocycles. The number of nitrogens with zero attached hydrogens (tertiary/aromatic N) is 2. The van der Waals surface area contributed by atoms with Crippen LogP contribution >= 0.6 is 0 Å². The molecule has 0 bridgehead atoms. The number of rotatable bonds is 5. The zero-order valence-electron chi connectivity index (χ0n) is 10.8. The highest BCUT2D eigenvalue weighted by Gasteiger charge is 2.20. The van der Waals surface area contributed by atoms with E-state index >= 15 is 0 Å². The number of hydrogen-bond acceptors (Lipinski definition) is 2. The van der Waals surface area contributed by atoms with E-state index < -0.39 is 0 Å². The van der Waals surface area contributed by atoms with E-state index in [9.17, 15) is 0 Å². The lowest BCUT2D eigenvalue weighted by Gasteiger charge is -2.06. The average Bonchev–Trinajstić information content (AvgIpc) is 3.16. The molecule has 0 unspecified atom stereocenters. The van der Waals surface area contributed by atoms with Gasteiger partial charge in [0.1, 0.15) is 0 Å². The highest BCUT2D eigenvalue weighted by molar-refractivity contribution is 5.20. The van der Waals surface area contributed by atoms with Crippen molar-refractivity contribution in [3.8, 4) is 0 Å². The van der Waals surface area contributed by atoms with Gasteiger partial charge < -0.3 is 5.32 Å². The van der Waals surface area contributed by atoms with Gasteiger partial charge in [0, 0.05) is 23.8 Å². The molecule has 0 aliphatic heterocycles. The van der Waals surface area contributed by atoms with Gasteiger partial charge in [-0.25, -0.2) is 0 Å². The SMILES string of the molecule is Cc1c(CNC2CC2)cnn1Cc1ccccc1. The summed E-state index contributed by atoms with van der Waals surface area (Å²) in [6.07, 6.45) is 4.65. The van der Waals surface area contributed by atoms with E-state index in [1.807, 2.05) is 12.3 Å². The van der Waals surface area contributed by atoms with Crippen LogP contribution in [0.25, 0.3) is 0 Å². The van der Waals surface area contributed by atoms with Gasteiger partial charge in [-0.3, -0.25) is 4.68 Å². The number of aromatic nitrogens is 2. The van der Waals surface area contributed by atoms with Crippen LogP contribution in [0, 0.1) is 6.92 Å². The summed E-state index contributed by atoms with van der Waals surface area (Å²) in [5, 5.41) is 8.02. The molecule has 1 aromatic carbocycles. The molecule has 2 aromatic rings. The third kappa shape index (κ3) is 2.62. The van der Waals surface area contributed by atoms with Crippen LogP contribution in [0.1, 0.15) is 29.7 Å². The molecule has 0 radical (unpaired) electrons. The van der Waals surface area contributed by atoms with E-state index in [0.717, 1.165) is 19.1 Å². The van der Waals surface area contributed by atoms with Crippen molar-refractivity contribution in [2.75, 3.05) is 0 Å². The van der Waals surface area contributed by atoms with Crippen molar-refractivity contribution in [1.29, 1.82) is 0 Å². The molecule has 0 spiro atoms. The molecule has 1 aliphatic rings. The second-order valence-electron chi connectivity index (χ2n) is 5.05. The van der Waals surface area contributed by atoms with E-state index in [4.69, 9.17) is 0 Å². The molecule has 0 amide bonds. The van der Waals surface area contributed by atoms with Crippen LogP contribution in [0.15, 0.2) is 36.5 Å². The van der Waals surface area contributed by atoms with Crippen LogP contribution in [-0.2, 0) is 13.1 Å². The zero-order chi connectivity index (χ0) is 12.4. The van der Waals surface area contributed by atoms with Crippen molar-refractivity contribution in [2.24, 2.45) is 0 Å². The third-order valence-electron chi connectivity index (χ3n) is 3.54. The molecule has 1 saturated carbocycles. The molecule has 3 nitrogen and oxygen atoms in total. The first-order valence-corrected chi connectivity index (χ1v) is 6.61. The van der Waals surface area contributed by atoms with Crippen LogP contribution in [0.3, 0.4) is 0 Å². The monoisotopic (exact) mass is 241 g/mol. The fourth-order valence-electron chi connectivity index (χ4n) is 2.12. The van der Waals surface area contributed by atoms with Gasteiger partial charge >= 0.3 is 0 Å². The maximum Gasteiger partial charge on any atom is 0.0662 e.